The molecule has 0 aliphatic heterocycles. The quantitative estimate of drug-likeness (QED) is 0.605. The molecule has 4 rings (SSSR count). The van der Waals surface area contributed by atoms with Crippen LogP contribution in [0.5, 0.6) is 0 Å². The van der Waals surface area contributed by atoms with Gasteiger partial charge in [-0.3, -0.25) is 0 Å². The van der Waals surface area contributed by atoms with Crippen molar-refractivity contribution in [1.82, 2.24) is 13.9 Å². The molecule has 0 fully saturated rings. The first-order valence-corrected chi connectivity index (χ1v) is 9.39. The number of nitrogens with one attached hydrogen (secondary N) is 1. The molecule has 6 nitrogen and oxygen atoms in total. The fourth-order valence-electron chi connectivity index (χ4n) is 2.91. The third-order valence-corrected chi connectivity index (χ3v) is 5.91. The second kappa shape index (κ2) is 5.96. The predicted molar refractivity (Wildman–Crippen MR) is 99.6 cm³/mol. The van der Waals surface area contributed by atoms with Gasteiger partial charge in [0, 0.05) is 23.3 Å². The third kappa shape index (κ3) is 2.62. The fraction of sp³-hybridized carbons (Fsp3) is 0.0526. The van der Waals surface area contributed by atoms with Crippen molar-refractivity contribution in [2.45, 2.75) is 11.8 Å². The highest BCUT2D eigenvalue weighted by Gasteiger charge is 2.21. The number of benzene rings is 2. The largest absolute Gasteiger partial charge is 0.345 e. The lowest BCUT2D eigenvalue weighted by atomic mass is 10.1. The second-order valence-corrected chi connectivity index (χ2v) is 7.78. The van der Waals surface area contributed by atoms with Crippen molar-refractivity contribution < 1.29 is 8.42 Å². The Hall–Kier alpha value is -3.19. The molecule has 0 aliphatic rings. The Morgan fingerprint density at radius 2 is 1.73 bits per heavy atom. The number of aryl methyl sites for hydroxylation is 1. The molecule has 0 saturated carbocycles. The van der Waals surface area contributed by atoms with E-state index in [0.29, 0.717) is 16.8 Å². The molecule has 4 aromatic rings. The molecular formula is C19H15N3O3S. The number of hydrogen-bond donors (Lipinski definition) is 1. The number of aromatic amines is 1. The average Bonchev–Trinajstić information content (AvgIpc) is 3.03. The summed E-state index contributed by atoms with van der Waals surface area (Å²) in [6.45, 7) is 1.90. The van der Waals surface area contributed by atoms with E-state index in [0.717, 1.165) is 10.9 Å². The Morgan fingerprint density at radius 3 is 2.46 bits per heavy atom. The smallest absolute Gasteiger partial charge is 0.305 e. The summed E-state index contributed by atoms with van der Waals surface area (Å²) in [7, 11) is -3.77. The standard InChI is InChI=1S/C19H15N3O3S/c1-13-6-8-14(9-7-13)26(24,25)22-12-16(15-4-2-3-5-18(15)22)17-10-11-20-19(23)21-17/h2-12H,1H3,(H,20,21,23). The lowest BCUT2D eigenvalue weighted by Gasteiger charge is -2.07. The maximum absolute atomic E-state index is 13.1. The molecule has 0 saturated heterocycles. The minimum atomic E-state index is -3.77. The molecule has 0 atom stereocenters. The molecule has 0 bridgehead atoms. The summed E-state index contributed by atoms with van der Waals surface area (Å²) in [6.07, 6.45) is 2.93. The van der Waals surface area contributed by atoms with Crippen LogP contribution in [0.3, 0.4) is 0 Å². The summed E-state index contributed by atoms with van der Waals surface area (Å²) in [6, 6.07) is 15.5. The summed E-state index contributed by atoms with van der Waals surface area (Å²) in [5.41, 5.74) is 2.17. The number of hydrogen-bond acceptors (Lipinski definition) is 4. The van der Waals surface area contributed by atoms with Crippen LogP contribution in [0.25, 0.3) is 22.2 Å². The van der Waals surface area contributed by atoms with Crippen molar-refractivity contribution >= 4 is 20.9 Å². The summed E-state index contributed by atoms with van der Waals surface area (Å²) in [5.74, 6) is 0. The van der Waals surface area contributed by atoms with Crippen LogP contribution < -0.4 is 5.69 Å². The molecule has 7 heteroatoms. The van der Waals surface area contributed by atoms with E-state index in [2.05, 4.69) is 9.97 Å². The zero-order chi connectivity index (χ0) is 18.3. The van der Waals surface area contributed by atoms with Gasteiger partial charge in [-0.15, -0.1) is 0 Å². The Bertz CT molecular complexity index is 1270. The van der Waals surface area contributed by atoms with E-state index < -0.39 is 15.7 Å². The van der Waals surface area contributed by atoms with E-state index in [4.69, 9.17) is 0 Å². The van der Waals surface area contributed by atoms with E-state index in [9.17, 15) is 13.2 Å². The van der Waals surface area contributed by atoms with Gasteiger partial charge in [0.2, 0.25) is 0 Å². The van der Waals surface area contributed by atoms with Gasteiger partial charge in [-0.25, -0.2) is 22.2 Å². The van der Waals surface area contributed by atoms with Gasteiger partial charge in [-0.1, -0.05) is 35.9 Å². The molecular weight excluding hydrogens is 350 g/mol. The van der Waals surface area contributed by atoms with Gasteiger partial charge < -0.3 is 4.98 Å². The van der Waals surface area contributed by atoms with Crippen LogP contribution in [-0.2, 0) is 10.0 Å². The first-order valence-electron chi connectivity index (χ1n) is 7.95. The molecule has 0 radical (unpaired) electrons. The maximum atomic E-state index is 13.1. The molecule has 2 aromatic heterocycles. The Kier molecular flexibility index (Phi) is 3.73. The first kappa shape index (κ1) is 16.3. The van der Waals surface area contributed by atoms with Gasteiger partial charge in [-0.2, -0.15) is 0 Å². The van der Waals surface area contributed by atoms with Crippen LogP contribution in [0.4, 0.5) is 0 Å². The normalized spacial score (nSPS) is 11.7. The minimum Gasteiger partial charge on any atom is -0.305 e. The monoisotopic (exact) mass is 365 g/mol. The summed E-state index contributed by atoms with van der Waals surface area (Å²) in [4.78, 5) is 18.0. The highest BCUT2D eigenvalue weighted by Crippen LogP contribution is 2.31. The topological polar surface area (TPSA) is 84.8 Å². The Labute approximate surface area is 149 Å². The lowest BCUT2D eigenvalue weighted by molar-refractivity contribution is 0.589. The highest BCUT2D eigenvalue weighted by atomic mass is 32.2. The minimum absolute atomic E-state index is 0.207. The van der Waals surface area contributed by atoms with Crippen molar-refractivity contribution in [3.8, 4) is 11.3 Å². The van der Waals surface area contributed by atoms with E-state index >= 15 is 0 Å². The second-order valence-electron chi connectivity index (χ2n) is 5.96. The van der Waals surface area contributed by atoms with Crippen LogP contribution in [0.1, 0.15) is 5.56 Å². The number of para-hydroxylation sites is 1. The van der Waals surface area contributed by atoms with Gasteiger partial charge in [0.05, 0.1) is 16.1 Å². The first-order chi connectivity index (χ1) is 12.5. The maximum Gasteiger partial charge on any atom is 0.345 e. The molecule has 0 amide bonds. The molecule has 2 aromatic carbocycles. The van der Waals surface area contributed by atoms with E-state index in [-0.39, 0.29) is 4.90 Å². The fourth-order valence-corrected chi connectivity index (χ4v) is 4.28. The molecule has 26 heavy (non-hydrogen) atoms. The van der Waals surface area contributed by atoms with Crippen LogP contribution in [0.15, 0.2) is 76.7 Å². The molecule has 2 heterocycles. The summed E-state index contributed by atoms with van der Waals surface area (Å²) < 4.78 is 27.5. The van der Waals surface area contributed by atoms with Gasteiger partial charge in [0.25, 0.3) is 10.0 Å². The van der Waals surface area contributed by atoms with Crippen molar-refractivity contribution in [3.05, 3.63) is 83.0 Å². The van der Waals surface area contributed by atoms with Gasteiger partial charge in [0.15, 0.2) is 0 Å². The van der Waals surface area contributed by atoms with Crippen LogP contribution in [0.2, 0.25) is 0 Å². The molecule has 130 valence electrons. The number of aromatic nitrogens is 3. The predicted octanol–water partition coefficient (Wildman–Crippen LogP) is 2.94. The SMILES string of the molecule is Cc1ccc(S(=O)(=O)n2cc(-c3ccnc(=O)[nH]3)c3ccccc32)cc1. The highest BCUT2D eigenvalue weighted by molar-refractivity contribution is 7.90. The summed E-state index contributed by atoms with van der Waals surface area (Å²) >= 11 is 0. The average molecular weight is 365 g/mol. The number of H-pyrrole nitrogens is 1. The summed E-state index contributed by atoms with van der Waals surface area (Å²) in [5, 5.41) is 0.727. The van der Waals surface area contributed by atoms with Crippen LogP contribution >= 0.6 is 0 Å². The lowest BCUT2D eigenvalue weighted by Crippen LogP contribution is -2.12. The molecule has 0 aliphatic carbocycles. The molecule has 1 N–H and O–H groups in total. The van der Waals surface area contributed by atoms with Crippen molar-refractivity contribution in [1.29, 1.82) is 0 Å². The number of rotatable bonds is 3. The third-order valence-electron chi connectivity index (χ3n) is 4.22. The van der Waals surface area contributed by atoms with Gasteiger partial charge in [0.1, 0.15) is 0 Å². The number of nitrogens with zero attached hydrogens (tertiary/aromatic N) is 2. The van der Waals surface area contributed by atoms with E-state index in [1.54, 1.807) is 42.5 Å². The van der Waals surface area contributed by atoms with Gasteiger partial charge >= 0.3 is 5.69 Å². The van der Waals surface area contributed by atoms with E-state index in [1.165, 1.54) is 16.4 Å². The Balaban J connectivity index is 2.00. The van der Waals surface area contributed by atoms with Crippen molar-refractivity contribution in [2.24, 2.45) is 0 Å². The van der Waals surface area contributed by atoms with E-state index in [1.807, 2.05) is 19.1 Å². The zero-order valence-corrected chi connectivity index (χ0v) is 14.7. The zero-order valence-electron chi connectivity index (χ0n) is 13.9. The number of fused-ring (bicyclic) bond motifs is 1. The molecule has 0 spiro atoms. The molecule has 0 unspecified atom stereocenters. The van der Waals surface area contributed by atoms with Crippen molar-refractivity contribution in [2.75, 3.05) is 0 Å². The van der Waals surface area contributed by atoms with Crippen LogP contribution in [0, 0.1) is 6.92 Å². The van der Waals surface area contributed by atoms with Crippen LogP contribution in [-0.4, -0.2) is 22.4 Å². The Morgan fingerprint density at radius 1 is 1.00 bits per heavy atom. The van der Waals surface area contributed by atoms with Gasteiger partial charge in [-0.05, 0) is 31.2 Å². The van der Waals surface area contributed by atoms with Crippen molar-refractivity contribution in [3.63, 3.8) is 0 Å².